The number of imidazole rings is 1. The summed E-state index contributed by atoms with van der Waals surface area (Å²) in [6.45, 7) is 5.89. The molecule has 35 heavy (non-hydrogen) atoms. The smallest absolute Gasteiger partial charge is 0.408 e. The van der Waals surface area contributed by atoms with Crippen molar-refractivity contribution in [1.29, 1.82) is 0 Å². The summed E-state index contributed by atoms with van der Waals surface area (Å²) < 4.78 is 73.4. The van der Waals surface area contributed by atoms with E-state index in [1.165, 1.54) is 16.9 Å². The third kappa shape index (κ3) is 8.57. The molecule has 2 heterocycles. The van der Waals surface area contributed by atoms with Crippen LogP contribution in [0.4, 0.5) is 26.7 Å². The number of nitrogens with zero attached hydrogens (tertiary/aromatic N) is 3. The Morgan fingerprint density at radius 1 is 1.17 bits per heavy atom. The molecule has 0 radical (unpaired) electrons. The van der Waals surface area contributed by atoms with Crippen molar-refractivity contribution in [2.45, 2.75) is 77.7 Å². The monoisotopic (exact) mass is 508 g/mol. The fourth-order valence-corrected chi connectivity index (χ4v) is 3.05. The molecule has 198 valence electrons. The Balaban J connectivity index is 2.24. The lowest BCUT2D eigenvalue weighted by molar-refractivity contribution is -0.214. The van der Waals surface area contributed by atoms with Crippen LogP contribution in [0.25, 0.3) is 5.65 Å². The molecule has 4 N–H and O–H groups in total. The minimum Gasteiger partial charge on any atom is -0.444 e. The number of aromatic nitrogens is 3. The zero-order valence-electron chi connectivity index (χ0n) is 20.5. The second kappa shape index (κ2) is 10.6. The van der Waals surface area contributed by atoms with Gasteiger partial charge in [-0.2, -0.15) is 18.3 Å². The fraction of sp³-hybridized carbons (Fsp3) is 0.682. The normalized spacial score (nSPS) is 14.3. The van der Waals surface area contributed by atoms with E-state index in [-0.39, 0.29) is 19.4 Å². The standard InChI is InChI=1S/C22H33F5N6O2/c1-19(2,3)35-18(34)32-15(6-7-20(4,5)22(25,26)27)16-11-33-17(31-16)8-14(10-30-33)9-29-13-21(23,24)12-28/h8,10-11,15,29H,6-7,9,12-13,28H2,1-5H3,(H,32,34)/t15-/m0/s1. The average Bonchev–Trinajstić information content (AvgIpc) is 3.12. The largest absolute Gasteiger partial charge is 0.444 e. The van der Waals surface area contributed by atoms with Crippen molar-refractivity contribution in [2.24, 2.45) is 11.1 Å². The maximum absolute atomic E-state index is 13.4. The molecule has 0 aliphatic heterocycles. The Hall–Kier alpha value is -2.54. The van der Waals surface area contributed by atoms with Crippen LogP contribution in [-0.2, 0) is 11.3 Å². The predicted molar refractivity (Wildman–Crippen MR) is 120 cm³/mol. The Bertz CT molecular complexity index is 1000. The van der Waals surface area contributed by atoms with Crippen molar-refractivity contribution >= 4 is 11.7 Å². The second-order valence-electron chi connectivity index (χ2n) is 10.1. The zero-order chi connectivity index (χ0) is 26.7. The van der Waals surface area contributed by atoms with Crippen molar-refractivity contribution in [2.75, 3.05) is 13.1 Å². The molecule has 2 rings (SSSR count). The van der Waals surface area contributed by atoms with Gasteiger partial charge in [0.1, 0.15) is 5.60 Å². The topological polar surface area (TPSA) is 107 Å². The van der Waals surface area contributed by atoms with E-state index in [0.29, 0.717) is 16.9 Å². The number of nitrogens with two attached hydrogens (primary N) is 1. The lowest BCUT2D eigenvalue weighted by Crippen LogP contribution is -2.38. The highest BCUT2D eigenvalue weighted by atomic mass is 19.4. The van der Waals surface area contributed by atoms with Gasteiger partial charge in [-0.25, -0.2) is 23.1 Å². The van der Waals surface area contributed by atoms with Gasteiger partial charge in [0.15, 0.2) is 5.65 Å². The van der Waals surface area contributed by atoms with Crippen LogP contribution in [-0.4, -0.2) is 51.5 Å². The van der Waals surface area contributed by atoms with E-state index >= 15 is 0 Å². The summed E-state index contributed by atoms with van der Waals surface area (Å²) in [6, 6.07) is 0.729. The summed E-state index contributed by atoms with van der Waals surface area (Å²) >= 11 is 0. The van der Waals surface area contributed by atoms with Crippen molar-refractivity contribution in [3.8, 4) is 0 Å². The molecule has 0 aromatic carbocycles. The molecule has 2 aromatic rings. The van der Waals surface area contributed by atoms with E-state index < -0.39 is 48.3 Å². The molecule has 0 saturated heterocycles. The molecule has 1 atom stereocenters. The Morgan fingerprint density at radius 3 is 2.40 bits per heavy atom. The van der Waals surface area contributed by atoms with Gasteiger partial charge in [-0.1, -0.05) is 13.8 Å². The molecule has 13 heteroatoms. The highest BCUT2D eigenvalue weighted by Gasteiger charge is 2.47. The van der Waals surface area contributed by atoms with E-state index in [2.05, 4.69) is 20.7 Å². The lowest BCUT2D eigenvalue weighted by atomic mass is 9.85. The number of halogens is 5. The number of alkyl halides is 5. The molecule has 8 nitrogen and oxygen atoms in total. The molecular weight excluding hydrogens is 475 g/mol. The minimum absolute atomic E-state index is 0.0573. The number of rotatable bonds is 10. The Labute approximate surface area is 200 Å². The van der Waals surface area contributed by atoms with Gasteiger partial charge in [0.25, 0.3) is 5.92 Å². The van der Waals surface area contributed by atoms with Gasteiger partial charge in [0.05, 0.1) is 42.6 Å². The fourth-order valence-electron chi connectivity index (χ4n) is 3.05. The number of amides is 1. The van der Waals surface area contributed by atoms with Gasteiger partial charge < -0.3 is 21.1 Å². The van der Waals surface area contributed by atoms with E-state index in [4.69, 9.17) is 10.5 Å². The van der Waals surface area contributed by atoms with Crippen LogP contribution in [0.15, 0.2) is 18.5 Å². The molecule has 0 spiro atoms. The van der Waals surface area contributed by atoms with Crippen LogP contribution in [0.1, 0.15) is 64.8 Å². The third-order valence-corrected chi connectivity index (χ3v) is 5.28. The highest BCUT2D eigenvalue weighted by molar-refractivity contribution is 5.68. The van der Waals surface area contributed by atoms with Crippen molar-refractivity contribution in [3.63, 3.8) is 0 Å². The molecule has 1 amide bonds. The molecule has 0 unspecified atom stereocenters. The number of alkyl carbamates (subject to hydrolysis) is 1. The summed E-state index contributed by atoms with van der Waals surface area (Å²) in [5.41, 5.74) is 3.43. The average molecular weight is 509 g/mol. The van der Waals surface area contributed by atoms with Gasteiger partial charge >= 0.3 is 12.3 Å². The molecule has 0 aliphatic carbocycles. The quantitative estimate of drug-likeness (QED) is 0.412. The van der Waals surface area contributed by atoms with Crippen LogP contribution < -0.4 is 16.4 Å². The maximum atomic E-state index is 13.4. The molecular formula is C22H33F5N6O2. The van der Waals surface area contributed by atoms with Crippen molar-refractivity contribution in [1.82, 2.24) is 25.2 Å². The first-order valence-corrected chi connectivity index (χ1v) is 11.1. The number of hydrogen-bond acceptors (Lipinski definition) is 6. The Kier molecular flexibility index (Phi) is 8.70. The number of fused-ring (bicyclic) bond motifs is 1. The van der Waals surface area contributed by atoms with Crippen LogP contribution in [0.5, 0.6) is 0 Å². The molecule has 0 bridgehead atoms. The number of ether oxygens (including phenoxy) is 1. The first-order chi connectivity index (χ1) is 15.9. The summed E-state index contributed by atoms with van der Waals surface area (Å²) in [7, 11) is 0. The summed E-state index contributed by atoms with van der Waals surface area (Å²) in [5, 5.41) is 9.39. The van der Waals surface area contributed by atoms with Crippen molar-refractivity contribution < 1.29 is 31.5 Å². The van der Waals surface area contributed by atoms with Gasteiger partial charge in [0.2, 0.25) is 0 Å². The van der Waals surface area contributed by atoms with Crippen molar-refractivity contribution in [3.05, 3.63) is 29.7 Å². The van der Waals surface area contributed by atoms with Crippen LogP contribution >= 0.6 is 0 Å². The SMILES string of the molecule is CC(C)(C)OC(=O)N[C@@H](CCC(C)(C)C(F)(F)F)c1cn2ncc(CNCC(F)(F)CN)cc2n1. The van der Waals surface area contributed by atoms with E-state index in [1.54, 1.807) is 26.8 Å². The number of hydrogen-bond donors (Lipinski definition) is 3. The van der Waals surface area contributed by atoms with Gasteiger partial charge in [-0.05, 0) is 45.2 Å². The Morgan fingerprint density at radius 2 is 1.83 bits per heavy atom. The van der Waals surface area contributed by atoms with E-state index in [9.17, 15) is 26.7 Å². The zero-order valence-corrected chi connectivity index (χ0v) is 20.5. The van der Waals surface area contributed by atoms with Gasteiger partial charge in [-0.3, -0.25) is 0 Å². The van der Waals surface area contributed by atoms with Crippen LogP contribution in [0.2, 0.25) is 0 Å². The highest BCUT2D eigenvalue weighted by Crippen LogP contribution is 2.42. The molecule has 0 aliphatic rings. The van der Waals surface area contributed by atoms with Gasteiger partial charge in [-0.15, -0.1) is 0 Å². The minimum atomic E-state index is -4.42. The van der Waals surface area contributed by atoms with Crippen LogP contribution in [0, 0.1) is 5.41 Å². The number of nitrogens with one attached hydrogen (secondary N) is 2. The number of carbonyl (C=O) groups is 1. The van der Waals surface area contributed by atoms with Gasteiger partial charge in [0, 0.05) is 6.54 Å². The van der Waals surface area contributed by atoms with E-state index in [1.807, 2.05) is 0 Å². The summed E-state index contributed by atoms with van der Waals surface area (Å²) in [6.07, 6.45) is -2.59. The molecule has 0 fully saturated rings. The maximum Gasteiger partial charge on any atom is 0.408 e. The number of carbonyl (C=O) groups excluding carboxylic acids is 1. The lowest BCUT2D eigenvalue weighted by Gasteiger charge is -2.29. The summed E-state index contributed by atoms with van der Waals surface area (Å²) in [5.74, 6) is -3.04. The first kappa shape index (κ1) is 28.7. The molecule has 2 aromatic heterocycles. The van der Waals surface area contributed by atoms with Crippen LogP contribution in [0.3, 0.4) is 0 Å². The second-order valence-corrected chi connectivity index (χ2v) is 10.1. The van der Waals surface area contributed by atoms with E-state index in [0.717, 1.165) is 13.8 Å². The predicted octanol–water partition coefficient (Wildman–Crippen LogP) is 4.35. The summed E-state index contributed by atoms with van der Waals surface area (Å²) in [4.78, 5) is 16.8. The molecule has 0 saturated carbocycles. The third-order valence-electron chi connectivity index (χ3n) is 5.28. The first-order valence-electron chi connectivity index (χ1n) is 11.1.